The normalized spacial score (nSPS) is 13.9. The highest BCUT2D eigenvalue weighted by Crippen LogP contribution is 2.31. The zero-order valence-corrected chi connectivity index (χ0v) is 13.4. The highest BCUT2D eigenvalue weighted by atomic mass is 16.6. The van der Waals surface area contributed by atoms with Crippen LogP contribution in [0.1, 0.15) is 0 Å². The van der Waals surface area contributed by atoms with Gasteiger partial charge in [0.05, 0.1) is 20.8 Å². The Morgan fingerprint density at radius 2 is 1.96 bits per heavy atom. The third-order valence-electron chi connectivity index (χ3n) is 3.77. The molecule has 2 heterocycles. The molecule has 0 unspecified atom stereocenters. The summed E-state index contributed by atoms with van der Waals surface area (Å²) in [5.74, 6) is 0.847. The fraction of sp³-hybridized carbons (Fsp3) is 0.400. The predicted octanol–water partition coefficient (Wildman–Crippen LogP) is 0.973. The van der Waals surface area contributed by atoms with Crippen LogP contribution in [0, 0.1) is 0 Å². The number of ether oxygens (including phenoxy) is 3. The molecule has 1 aliphatic heterocycles. The second kappa shape index (κ2) is 6.65. The lowest BCUT2D eigenvalue weighted by Crippen LogP contribution is -2.30. The van der Waals surface area contributed by atoms with Crippen molar-refractivity contribution in [1.82, 2.24) is 14.6 Å². The zero-order valence-electron chi connectivity index (χ0n) is 13.4. The Balaban J connectivity index is 1.87. The maximum absolute atomic E-state index is 11.9. The van der Waals surface area contributed by atoms with Crippen LogP contribution in [0.25, 0.3) is 11.4 Å². The molecule has 0 bridgehead atoms. The zero-order chi connectivity index (χ0) is 17.1. The Bertz CT molecular complexity index is 797. The van der Waals surface area contributed by atoms with E-state index in [0.717, 1.165) is 0 Å². The van der Waals surface area contributed by atoms with Gasteiger partial charge < -0.3 is 19.1 Å². The van der Waals surface area contributed by atoms with Gasteiger partial charge in [0.1, 0.15) is 6.61 Å². The fourth-order valence-corrected chi connectivity index (χ4v) is 2.50. The number of carbonyl (C=O) groups excluding carboxylic acids is 1. The van der Waals surface area contributed by atoms with Crippen molar-refractivity contribution in [1.29, 1.82) is 0 Å². The highest BCUT2D eigenvalue weighted by molar-refractivity contribution is 5.69. The Hall–Kier alpha value is -2.97. The topological polar surface area (TPSA) is 96.0 Å². The minimum Gasteiger partial charge on any atom is -0.493 e. The molecule has 1 aromatic carbocycles. The quantitative estimate of drug-likeness (QED) is 0.776. The molecule has 24 heavy (non-hydrogen) atoms. The Morgan fingerprint density at radius 1 is 1.17 bits per heavy atom. The van der Waals surface area contributed by atoms with Crippen molar-refractivity contribution >= 4 is 6.09 Å². The van der Waals surface area contributed by atoms with Gasteiger partial charge in [-0.25, -0.2) is 9.59 Å². The minimum atomic E-state index is -0.590. The van der Waals surface area contributed by atoms with E-state index in [-0.39, 0.29) is 12.6 Å². The molecule has 128 valence electrons. The van der Waals surface area contributed by atoms with E-state index >= 15 is 0 Å². The number of benzene rings is 1. The summed E-state index contributed by atoms with van der Waals surface area (Å²) in [4.78, 5) is 24.9. The van der Waals surface area contributed by atoms with Crippen molar-refractivity contribution in [3.8, 4) is 22.9 Å². The number of aromatic nitrogens is 2. The van der Waals surface area contributed by atoms with E-state index in [0.29, 0.717) is 42.6 Å². The van der Waals surface area contributed by atoms with Crippen LogP contribution in [0.4, 0.5) is 4.79 Å². The molecule has 2 aromatic rings. The maximum Gasteiger partial charge on any atom is 0.441 e. The molecule has 1 aromatic heterocycles. The smallest absolute Gasteiger partial charge is 0.441 e. The molecule has 0 N–H and O–H groups in total. The SMILES string of the molecule is COc1ccc(-c2noc(=O)n2CCN2CCOC2=O)cc1OC. The molecule has 0 radical (unpaired) electrons. The van der Waals surface area contributed by atoms with Gasteiger partial charge in [-0.15, -0.1) is 0 Å². The van der Waals surface area contributed by atoms with Crippen molar-refractivity contribution < 1.29 is 23.5 Å². The molecule has 0 spiro atoms. The third-order valence-corrected chi connectivity index (χ3v) is 3.77. The number of hydrogen-bond acceptors (Lipinski definition) is 7. The van der Waals surface area contributed by atoms with Crippen LogP contribution in [0.2, 0.25) is 0 Å². The van der Waals surface area contributed by atoms with E-state index in [2.05, 4.69) is 5.16 Å². The summed E-state index contributed by atoms with van der Waals surface area (Å²) in [6, 6.07) is 5.17. The summed E-state index contributed by atoms with van der Waals surface area (Å²) in [7, 11) is 3.06. The molecule has 1 aliphatic rings. The number of hydrogen-bond donors (Lipinski definition) is 0. The van der Waals surface area contributed by atoms with Gasteiger partial charge in [-0.05, 0) is 18.2 Å². The second-order valence-electron chi connectivity index (χ2n) is 5.09. The third kappa shape index (κ3) is 2.92. The highest BCUT2D eigenvalue weighted by Gasteiger charge is 2.23. The van der Waals surface area contributed by atoms with Gasteiger partial charge >= 0.3 is 11.8 Å². The van der Waals surface area contributed by atoms with Crippen molar-refractivity contribution in [3.05, 3.63) is 28.7 Å². The standard InChI is InChI=1S/C15H17N3O6/c1-21-11-4-3-10(9-12(11)22-2)13-16-24-15(20)18(13)6-5-17-7-8-23-14(17)19/h3-4,9H,5-8H2,1-2H3. The molecule has 1 saturated heterocycles. The Morgan fingerprint density at radius 3 is 2.62 bits per heavy atom. The summed E-state index contributed by atoms with van der Waals surface area (Å²) in [6.07, 6.45) is -0.382. The van der Waals surface area contributed by atoms with Crippen LogP contribution in [-0.2, 0) is 11.3 Å². The molecule has 9 heteroatoms. The molecule has 0 atom stereocenters. The minimum absolute atomic E-state index is 0.251. The van der Waals surface area contributed by atoms with Gasteiger partial charge in [-0.1, -0.05) is 5.16 Å². The molecule has 1 amide bonds. The average molecular weight is 335 g/mol. The monoisotopic (exact) mass is 335 g/mol. The Labute approximate surface area is 137 Å². The molecular formula is C15H17N3O6. The van der Waals surface area contributed by atoms with E-state index in [1.165, 1.54) is 16.6 Å². The predicted molar refractivity (Wildman–Crippen MR) is 82.2 cm³/mol. The van der Waals surface area contributed by atoms with Gasteiger partial charge in [-0.2, -0.15) is 0 Å². The molecule has 1 fully saturated rings. The first kappa shape index (κ1) is 15.9. The molecular weight excluding hydrogens is 318 g/mol. The van der Waals surface area contributed by atoms with Crippen molar-refractivity contribution in [3.63, 3.8) is 0 Å². The van der Waals surface area contributed by atoms with Crippen LogP contribution in [0.15, 0.2) is 27.5 Å². The van der Waals surface area contributed by atoms with Gasteiger partial charge in [0.15, 0.2) is 17.3 Å². The number of rotatable bonds is 6. The van der Waals surface area contributed by atoms with Gasteiger partial charge in [0, 0.05) is 18.7 Å². The summed E-state index contributed by atoms with van der Waals surface area (Å²) in [5, 5.41) is 3.83. The molecule has 3 rings (SSSR count). The molecule has 9 nitrogen and oxygen atoms in total. The number of methoxy groups -OCH3 is 2. The fourth-order valence-electron chi connectivity index (χ4n) is 2.50. The van der Waals surface area contributed by atoms with Gasteiger partial charge in [-0.3, -0.25) is 9.09 Å². The Kier molecular flexibility index (Phi) is 4.41. The van der Waals surface area contributed by atoms with E-state index in [1.54, 1.807) is 25.3 Å². The summed E-state index contributed by atoms with van der Waals surface area (Å²) >= 11 is 0. The van der Waals surface area contributed by atoms with E-state index in [4.69, 9.17) is 18.7 Å². The van der Waals surface area contributed by atoms with Crippen LogP contribution in [0.5, 0.6) is 11.5 Å². The largest absolute Gasteiger partial charge is 0.493 e. The van der Waals surface area contributed by atoms with Gasteiger partial charge in [0.2, 0.25) is 0 Å². The first-order chi connectivity index (χ1) is 11.6. The summed E-state index contributed by atoms with van der Waals surface area (Å²) in [6.45, 7) is 1.45. The van der Waals surface area contributed by atoms with E-state index < -0.39 is 5.76 Å². The van der Waals surface area contributed by atoms with Crippen molar-refractivity contribution in [2.45, 2.75) is 6.54 Å². The van der Waals surface area contributed by atoms with E-state index in [9.17, 15) is 9.59 Å². The van der Waals surface area contributed by atoms with Gasteiger partial charge in [0.25, 0.3) is 0 Å². The average Bonchev–Trinajstić information content (AvgIpc) is 3.17. The number of cyclic esters (lactones) is 1. The van der Waals surface area contributed by atoms with Crippen LogP contribution < -0.4 is 15.2 Å². The first-order valence-electron chi connectivity index (χ1n) is 7.34. The lowest BCUT2D eigenvalue weighted by molar-refractivity contribution is 0.157. The number of amides is 1. The lowest BCUT2D eigenvalue weighted by Gasteiger charge is -2.13. The van der Waals surface area contributed by atoms with E-state index in [1.807, 2.05) is 0 Å². The maximum atomic E-state index is 11.9. The summed E-state index contributed by atoms with van der Waals surface area (Å²) in [5.41, 5.74) is 0.641. The van der Waals surface area contributed by atoms with Crippen LogP contribution >= 0.6 is 0 Å². The lowest BCUT2D eigenvalue weighted by atomic mass is 10.2. The second-order valence-corrected chi connectivity index (χ2v) is 5.09. The van der Waals surface area contributed by atoms with Crippen molar-refractivity contribution in [2.24, 2.45) is 0 Å². The van der Waals surface area contributed by atoms with Crippen molar-refractivity contribution in [2.75, 3.05) is 33.9 Å². The first-order valence-corrected chi connectivity index (χ1v) is 7.34. The summed E-state index contributed by atoms with van der Waals surface area (Å²) < 4.78 is 21.5. The van der Waals surface area contributed by atoms with Crippen LogP contribution in [-0.4, -0.2) is 54.6 Å². The number of carbonyl (C=O) groups is 1. The molecule has 0 saturated carbocycles. The number of nitrogens with zero attached hydrogens (tertiary/aromatic N) is 3. The molecule has 0 aliphatic carbocycles. The van der Waals surface area contributed by atoms with Crippen LogP contribution in [0.3, 0.4) is 0 Å².